The fourth-order valence-corrected chi connectivity index (χ4v) is 0.788. The van der Waals surface area contributed by atoms with Crippen LogP contribution in [0.3, 0.4) is 0 Å². The zero-order chi connectivity index (χ0) is 10.5. The number of esters is 1. The van der Waals surface area contributed by atoms with Crippen LogP contribution in [0.4, 0.5) is 0 Å². The summed E-state index contributed by atoms with van der Waals surface area (Å²) >= 11 is 3.91. The van der Waals surface area contributed by atoms with Crippen LogP contribution in [-0.2, 0) is 9.53 Å². The maximum Gasteiger partial charge on any atom is 0.323 e. The van der Waals surface area contributed by atoms with E-state index in [4.69, 9.17) is 10.5 Å². The van der Waals surface area contributed by atoms with Crippen molar-refractivity contribution >= 4 is 18.6 Å². The summed E-state index contributed by atoms with van der Waals surface area (Å²) in [5.41, 5.74) is 5.60. The molecular formula is C9H19NO2S. The van der Waals surface area contributed by atoms with Gasteiger partial charge < -0.3 is 10.5 Å². The van der Waals surface area contributed by atoms with E-state index in [0.29, 0.717) is 12.4 Å². The van der Waals surface area contributed by atoms with Crippen molar-refractivity contribution < 1.29 is 9.53 Å². The van der Waals surface area contributed by atoms with Crippen LogP contribution < -0.4 is 5.73 Å². The largest absolute Gasteiger partial charge is 0.464 e. The molecule has 0 aliphatic rings. The first-order valence-corrected chi connectivity index (χ1v) is 5.03. The van der Waals surface area contributed by atoms with Gasteiger partial charge in [0.15, 0.2) is 0 Å². The highest BCUT2D eigenvalue weighted by molar-refractivity contribution is 7.80. The molecule has 0 bridgehead atoms. The van der Waals surface area contributed by atoms with Gasteiger partial charge in [0.2, 0.25) is 0 Å². The van der Waals surface area contributed by atoms with Crippen LogP contribution in [0, 0.1) is 5.41 Å². The van der Waals surface area contributed by atoms with Gasteiger partial charge in [0, 0.05) is 5.75 Å². The molecule has 0 amide bonds. The number of carbonyl (C=O) groups excluding carboxylic acids is 1. The highest BCUT2D eigenvalue weighted by atomic mass is 32.1. The summed E-state index contributed by atoms with van der Waals surface area (Å²) in [7, 11) is 0. The lowest BCUT2D eigenvalue weighted by Gasteiger charge is -2.18. The Morgan fingerprint density at radius 1 is 1.54 bits per heavy atom. The minimum Gasteiger partial charge on any atom is -0.464 e. The molecule has 0 fully saturated rings. The molecule has 0 spiro atoms. The summed E-state index contributed by atoms with van der Waals surface area (Å²) in [5.74, 6) is -0.0341. The van der Waals surface area contributed by atoms with E-state index < -0.39 is 6.04 Å². The summed E-state index contributed by atoms with van der Waals surface area (Å²) in [4.78, 5) is 11.1. The Balaban J connectivity index is 3.60. The molecule has 1 atom stereocenters. The van der Waals surface area contributed by atoms with E-state index in [-0.39, 0.29) is 11.4 Å². The zero-order valence-electron chi connectivity index (χ0n) is 8.54. The molecule has 4 heteroatoms. The minimum atomic E-state index is -0.594. The fourth-order valence-electron chi connectivity index (χ4n) is 0.639. The molecule has 0 saturated carbocycles. The first kappa shape index (κ1) is 12.8. The van der Waals surface area contributed by atoms with Crippen LogP contribution in [0.2, 0.25) is 0 Å². The van der Waals surface area contributed by atoms with Gasteiger partial charge in [0.25, 0.3) is 0 Å². The number of carbonyl (C=O) groups is 1. The molecule has 3 nitrogen and oxygen atoms in total. The molecule has 0 heterocycles. The van der Waals surface area contributed by atoms with Crippen molar-refractivity contribution in [3.63, 3.8) is 0 Å². The Labute approximate surface area is 85.4 Å². The summed E-state index contributed by atoms with van der Waals surface area (Å²) in [6, 6.07) is -0.594. The Hall–Kier alpha value is -0.220. The second-order valence-electron chi connectivity index (χ2n) is 4.27. The standard InChI is InChI=1S/C9H19NO2S/c1-9(2,3)4-5-12-8(11)7(10)6-13/h7,13H,4-6,10H2,1-3H3/t7-/m0/s1. The lowest BCUT2D eigenvalue weighted by molar-refractivity contribution is -0.145. The maximum absolute atomic E-state index is 11.1. The fraction of sp³-hybridized carbons (Fsp3) is 0.889. The molecule has 0 aromatic rings. The molecule has 0 rings (SSSR count). The lowest BCUT2D eigenvalue weighted by Crippen LogP contribution is -2.34. The van der Waals surface area contributed by atoms with Crippen molar-refractivity contribution in [3.8, 4) is 0 Å². The quantitative estimate of drug-likeness (QED) is 0.536. The van der Waals surface area contributed by atoms with E-state index in [1.807, 2.05) is 0 Å². The third-order valence-electron chi connectivity index (χ3n) is 1.60. The Bertz CT molecular complexity index is 165. The van der Waals surface area contributed by atoms with Gasteiger partial charge in [0.05, 0.1) is 6.61 Å². The van der Waals surface area contributed by atoms with Crippen molar-refractivity contribution in [1.82, 2.24) is 0 Å². The Morgan fingerprint density at radius 3 is 2.46 bits per heavy atom. The molecule has 78 valence electrons. The average molecular weight is 205 g/mol. The van der Waals surface area contributed by atoms with E-state index in [9.17, 15) is 4.79 Å². The van der Waals surface area contributed by atoms with Crippen molar-refractivity contribution in [2.24, 2.45) is 11.1 Å². The normalized spacial score (nSPS) is 13.9. The van der Waals surface area contributed by atoms with E-state index in [1.165, 1.54) is 0 Å². The highest BCUT2D eigenvalue weighted by Crippen LogP contribution is 2.17. The van der Waals surface area contributed by atoms with Crippen molar-refractivity contribution in [2.75, 3.05) is 12.4 Å². The average Bonchev–Trinajstić information content (AvgIpc) is 2.00. The van der Waals surface area contributed by atoms with E-state index in [0.717, 1.165) is 6.42 Å². The SMILES string of the molecule is CC(C)(C)CCOC(=O)[C@@H](N)CS. The van der Waals surface area contributed by atoms with E-state index in [1.54, 1.807) is 0 Å². The van der Waals surface area contributed by atoms with Gasteiger partial charge in [-0.1, -0.05) is 20.8 Å². The second-order valence-corrected chi connectivity index (χ2v) is 4.63. The number of nitrogens with two attached hydrogens (primary N) is 1. The molecule has 0 radical (unpaired) electrons. The van der Waals surface area contributed by atoms with Crippen LogP contribution in [0.1, 0.15) is 27.2 Å². The summed E-state index contributed by atoms with van der Waals surface area (Å²) in [5, 5.41) is 0. The first-order valence-electron chi connectivity index (χ1n) is 4.40. The van der Waals surface area contributed by atoms with E-state index >= 15 is 0 Å². The predicted molar refractivity (Wildman–Crippen MR) is 56.9 cm³/mol. The third kappa shape index (κ3) is 6.90. The molecule has 0 aliphatic heterocycles. The predicted octanol–water partition coefficient (Wildman–Crippen LogP) is 1.22. The summed E-state index contributed by atoms with van der Waals surface area (Å²) < 4.78 is 4.96. The van der Waals surface area contributed by atoms with Gasteiger partial charge in [-0.15, -0.1) is 0 Å². The second kappa shape index (κ2) is 5.50. The maximum atomic E-state index is 11.1. The van der Waals surface area contributed by atoms with Crippen LogP contribution in [0.15, 0.2) is 0 Å². The topological polar surface area (TPSA) is 52.3 Å². The van der Waals surface area contributed by atoms with E-state index in [2.05, 4.69) is 33.4 Å². The Morgan fingerprint density at radius 2 is 2.08 bits per heavy atom. The first-order chi connectivity index (χ1) is 5.87. The van der Waals surface area contributed by atoms with Crippen molar-refractivity contribution in [3.05, 3.63) is 0 Å². The van der Waals surface area contributed by atoms with Gasteiger partial charge in [0.1, 0.15) is 6.04 Å². The molecule has 0 aromatic heterocycles. The van der Waals surface area contributed by atoms with Crippen molar-refractivity contribution in [2.45, 2.75) is 33.2 Å². The van der Waals surface area contributed by atoms with Crippen molar-refractivity contribution in [1.29, 1.82) is 0 Å². The minimum absolute atomic E-state index is 0.186. The van der Waals surface area contributed by atoms with Crippen LogP contribution >= 0.6 is 12.6 Å². The van der Waals surface area contributed by atoms with Crippen LogP contribution in [-0.4, -0.2) is 24.4 Å². The van der Waals surface area contributed by atoms with Crippen LogP contribution in [0.25, 0.3) is 0 Å². The molecule has 0 unspecified atom stereocenters. The van der Waals surface area contributed by atoms with Gasteiger partial charge >= 0.3 is 5.97 Å². The zero-order valence-corrected chi connectivity index (χ0v) is 9.43. The lowest BCUT2D eigenvalue weighted by atomic mass is 9.93. The highest BCUT2D eigenvalue weighted by Gasteiger charge is 2.15. The molecule has 2 N–H and O–H groups in total. The van der Waals surface area contributed by atoms with Gasteiger partial charge in [-0.3, -0.25) is 4.79 Å². The van der Waals surface area contributed by atoms with Gasteiger partial charge in [-0.25, -0.2) is 0 Å². The number of hydrogen-bond donors (Lipinski definition) is 2. The monoisotopic (exact) mass is 205 g/mol. The number of hydrogen-bond acceptors (Lipinski definition) is 4. The Kier molecular flexibility index (Phi) is 5.40. The molecule has 0 saturated heterocycles. The van der Waals surface area contributed by atoms with Gasteiger partial charge in [-0.2, -0.15) is 12.6 Å². The molecule has 0 aliphatic carbocycles. The summed E-state index contributed by atoms with van der Waals surface area (Å²) in [6.45, 7) is 6.72. The third-order valence-corrected chi connectivity index (χ3v) is 1.99. The summed E-state index contributed by atoms with van der Waals surface area (Å²) in [6.07, 6.45) is 0.845. The number of rotatable bonds is 4. The molecule has 0 aromatic carbocycles. The number of thiol groups is 1. The molecule has 13 heavy (non-hydrogen) atoms. The van der Waals surface area contributed by atoms with Gasteiger partial charge in [-0.05, 0) is 11.8 Å². The van der Waals surface area contributed by atoms with Crippen LogP contribution in [0.5, 0.6) is 0 Å². The smallest absolute Gasteiger partial charge is 0.323 e. The molecular weight excluding hydrogens is 186 g/mol. The number of ether oxygens (including phenoxy) is 1.